The molecular weight excluding hydrogens is 98.1 g/mol. The second kappa shape index (κ2) is 1.59. The average molecular weight is 109 g/mol. The third kappa shape index (κ3) is 0.671. The van der Waals surface area contributed by atoms with Gasteiger partial charge in [-0.2, -0.15) is 0 Å². The molecule has 1 heteroatoms. The highest BCUT2D eigenvalue weighted by atomic mass is 14.9. The summed E-state index contributed by atoms with van der Waals surface area (Å²) in [5.41, 5.74) is 1.70. The Morgan fingerprint density at radius 3 is 3.00 bits per heavy atom. The summed E-state index contributed by atoms with van der Waals surface area (Å²) in [7, 11) is 0. The predicted molar refractivity (Wildman–Crippen MR) is 33.7 cm³/mol. The first-order chi connectivity index (χ1) is 3.97. The zero-order valence-corrected chi connectivity index (χ0v) is 4.98. The monoisotopic (exact) mass is 109 g/mol. The zero-order chi connectivity index (χ0) is 5.40. The lowest BCUT2D eigenvalue weighted by Gasteiger charge is -1.98. The Morgan fingerprint density at radius 2 is 2.50 bits per heavy atom. The van der Waals surface area contributed by atoms with Crippen molar-refractivity contribution in [3.05, 3.63) is 11.6 Å². The molecule has 8 heavy (non-hydrogen) atoms. The van der Waals surface area contributed by atoms with Crippen LogP contribution >= 0.6 is 0 Å². The van der Waals surface area contributed by atoms with Crippen molar-refractivity contribution in [2.45, 2.75) is 12.8 Å². The SMILES string of the molecule is C1=C(C2CCNC2)C1. The van der Waals surface area contributed by atoms with Crippen LogP contribution in [0, 0.1) is 5.92 Å². The molecule has 1 aliphatic heterocycles. The first-order valence-corrected chi connectivity index (χ1v) is 3.36. The molecule has 1 N–H and O–H groups in total. The molecule has 1 saturated heterocycles. The molecule has 0 bridgehead atoms. The minimum atomic E-state index is 0.926. The maximum absolute atomic E-state index is 3.35. The Kier molecular flexibility index (Phi) is 0.908. The quantitative estimate of drug-likeness (QED) is 0.494. The Morgan fingerprint density at radius 1 is 1.62 bits per heavy atom. The maximum Gasteiger partial charge on any atom is 0.00174 e. The molecule has 0 saturated carbocycles. The van der Waals surface area contributed by atoms with E-state index in [4.69, 9.17) is 0 Å². The van der Waals surface area contributed by atoms with Gasteiger partial charge in [-0.05, 0) is 25.3 Å². The summed E-state index contributed by atoms with van der Waals surface area (Å²) in [6.07, 6.45) is 5.04. The van der Waals surface area contributed by atoms with Crippen LogP contribution in [0.4, 0.5) is 0 Å². The van der Waals surface area contributed by atoms with Crippen LogP contribution in [0.2, 0.25) is 0 Å². The van der Waals surface area contributed by atoms with Crippen molar-refractivity contribution in [1.82, 2.24) is 5.32 Å². The number of hydrogen-bond donors (Lipinski definition) is 1. The van der Waals surface area contributed by atoms with E-state index in [0.29, 0.717) is 0 Å². The van der Waals surface area contributed by atoms with Gasteiger partial charge in [-0.3, -0.25) is 0 Å². The Balaban J connectivity index is 1.95. The smallest absolute Gasteiger partial charge is 0.00174 e. The number of nitrogens with one attached hydrogen (secondary N) is 1. The fraction of sp³-hybridized carbons (Fsp3) is 0.714. The summed E-state index contributed by atoms with van der Waals surface area (Å²) in [5.74, 6) is 0.926. The fourth-order valence-electron chi connectivity index (χ4n) is 1.36. The van der Waals surface area contributed by atoms with Crippen LogP contribution in [0.1, 0.15) is 12.8 Å². The molecule has 0 spiro atoms. The van der Waals surface area contributed by atoms with Gasteiger partial charge in [0.25, 0.3) is 0 Å². The minimum Gasteiger partial charge on any atom is -0.316 e. The van der Waals surface area contributed by atoms with Crippen LogP contribution in [0.25, 0.3) is 0 Å². The van der Waals surface area contributed by atoms with Gasteiger partial charge in [0.2, 0.25) is 0 Å². The van der Waals surface area contributed by atoms with Crippen LogP contribution < -0.4 is 5.32 Å². The third-order valence-electron chi connectivity index (χ3n) is 2.02. The van der Waals surface area contributed by atoms with Crippen molar-refractivity contribution in [3.63, 3.8) is 0 Å². The molecule has 2 rings (SSSR count). The topological polar surface area (TPSA) is 12.0 Å². The van der Waals surface area contributed by atoms with Crippen molar-refractivity contribution in [3.8, 4) is 0 Å². The van der Waals surface area contributed by atoms with E-state index < -0.39 is 0 Å². The molecule has 1 atom stereocenters. The first kappa shape index (κ1) is 4.57. The van der Waals surface area contributed by atoms with Crippen molar-refractivity contribution in [1.29, 1.82) is 0 Å². The van der Waals surface area contributed by atoms with Gasteiger partial charge in [0, 0.05) is 6.54 Å². The minimum absolute atomic E-state index is 0.926. The fourth-order valence-corrected chi connectivity index (χ4v) is 1.36. The average Bonchev–Trinajstić information content (AvgIpc) is 2.49. The van der Waals surface area contributed by atoms with Gasteiger partial charge in [0.15, 0.2) is 0 Å². The molecule has 0 aromatic rings. The van der Waals surface area contributed by atoms with Crippen molar-refractivity contribution in [2.75, 3.05) is 13.1 Å². The van der Waals surface area contributed by atoms with E-state index in [1.54, 1.807) is 5.57 Å². The van der Waals surface area contributed by atoms with Gasteiger partial charge in [-0.15, -0.1) is 0 Å². The highest BCUT2D eigenvalue weighted by Gasteiger charge is 2.22. The van der Waals surface area contributed by atoms with Crippen LogP contribution in [-0.2, 0) is 0 Å². The van der Waals surface area contributed by atoms with Gasteiger partial charge >= 0.3 is 0 Å². The molecule has 1 unspecified atom stereocenters. The molecule has 1 fully saturated rings. The van der Waals surface area contributed by atoms with Crippen molar-refractivity contribution in [2.24, 2.45) is 5.92 Å². The van der Waals surface area contributed by atoms with E-state index in [1.165, 1.54) is 25.9 Å². The summed E-state index contributed by atoms with van der Waals surface area (Å²) in [4.78, 5) is 0. The van der Waals surface area contributed by atoms with Gasteiger partial charge in [-0.1, -0.05) is 11.6 Å². The standard InChI is InChI=1S/C7H11N/c1-2-6(1)7-3-4-8-5-7/h1,7-8H,2-5H2. The maximum atomic E-state index is 3.35. The van der Waals surface area contributed by atoms with E-state index in [9.17, 15) is 0 Å². The van der Waals surface area contributed by atoms with Crippen LogP contribution in [0.3, 0.4) is 0 Å². The second-order valence-corrected chi connectivity index (χ2v) is 2.67. The number of rotatable bonds is 1. The molecule has 0 radical (unpaired) electrons. The Labute approximate surface area is 49.8 Å². The van der Waals surface area contributed by atoms with E-state index in [0.717, 1.165) is 5.92 Å². The highest BCUT2D eigenvalue weighted by molar-refractivity contribution is 5.25. The molecular formula is C7H11N. The molecule has 0 amide bonds. The summed E-state index contributed by atoms with van der Waals surface area (Å²) in [6.45, 7) is 2.48. The normalized spacial score (nSPS) is 35.0. The zero-order valence-electron chi connectivity index (χ0n) is 4.98. The Bertz CT molecular complexity index is 120. The molecule has 2 aliphatic rings. The molecule has 0 aromatic carbocycles. The second-order valence-electron chi connectivity index (χ2n) is 2.67. The lowest BCUT2D eigenvalue weighted by Crippen LogP contribution is -2.07. The van der Waals surface area contributed by atoms with Crippen LogP contribution in [0.5, 0.6) is 0 Å². The lowest BCUT2D eigenvalue weighted by atomic mass is 10.1. The van der Waals surface area contributed by atoms with E-state index in [1.807, 2.05) is 0 Å². The number of allylic oxidation sites excluding steroid dienone is 1. The molecule has 1 heterocycles. The van der Waals surface area contributed by atoms with E-state index in [-0.39, 0.29) is 0 Å². The van der Waals surface area contributed by atoms with Gasteiger partial charge in [-0.25, -0.2) is 0 Å². The molecule has 1 aliphatic carbocycles. The summed E-state index contributed by atoms with van der Waals surface area (Å²) < 4.78 is 0. The van der Waals surface area contributed by atoms with E-state index in [2.05, 4.69) is 11.4 Å². The van der Waals surface area contributed by atoms with Crippen LogP contribution in [0.15, 0.2) is 11.6 Å². The van der Waals surface area contributed by atoms with Crippen LogP contribution in [-0.4, -0.2) is 13.1 Å². The number of hydrogen-bond acceptors (Lipinski definition) is 1. The van der Waals surface area contributed by atoms with Crippen molar-refractivity contribution < 1.29 is 0 Å². The summed E-state index contributed by atoms with van der Waals surface area (Å²) in [5, 5.41) is 3.35. The summed E-state index contributed by atoms with van der Waals surface area (Å²) in [6, 6.07) is 0. The van der Waals surface area contributed by atoms with Crippen molar-refractivity contribution >= 4 is 0 Å². The highest BCUT2D eigenvalue weighted by Crippen LogP contribution is 2.31. The van der Waals surface area contributed by atoms with Gasteiger partial charge < -0.3 is 5.32 Å². The molecule has 44 valence electrons. The first-order valence-electron chi connectivity index (χ1n) is 3.36. The van der Waals surface area contributed by atoms with Gasteiger partial charge in [0.05, 0.1) is 0 Å². The Hall–Kier alpha value is -0.300. The molecule has 0 aromatic heterocycles. The third-order valence-corrected chi connectivity index (χ3v) is 2.02. The lowest BCUT2D eigenvalue weighted by molar-refractivity contribution is 0.700. The molecule has 1 nitrogen and oxygen atoms in total. The van der Waals surface area contributed by atoms with E-state index >= 15 is 0 Å². The predicted octanol–water partition coefficient (Wildman–Crippen LogP) is 0.926. The summed E-state index contributed by atoms with van der Waals surface area (Å²) >= 11 is 0. The van der Waals surface area contributed by atoms with Gasteiger partial charge in [0.1, 0.15) is 0 Å². The largest absolute Gasteiger partial charge is 0.316 e.